The molecule has 0 saturated heterocycles. The second-order valence-corrected chi connectivity index (χ2v) is 11.9. The maximum atomic E-state index is 2.50. The van der Waals surface area contributed by atoms with Gasteiger partial charge in [0.05, 0.1) is 0 Å². The number of aryl methyl sites for hydroxylation is 2. The van der Waals surface area contributed by atoms with E-state index in [4.69, 9.17) is 0 Å². The molecule has 0 spiro atoms. The number of nitrogens with zero attached hydrogens (tertiary/aromatic N) is 2. The molecule has 45 heavy (non-hydrogen) atoms. The van der Waals surface area contributed by atoms with Gasteiger partial charge in [-0.1, -0.05) is 130 Å². The SMILES string of the molecule is Cl.Cl.[Zr+2].c1ccc2c(c1)cc[c-]2-n1c2c(c3ccccc31)CCC2.c1ccc2c(c1)cc[c-]2-n1c2c(c3ccccc31)CCC2. The first-order chi connectivity index (χ1) is 20.9. The third kappa shape index (κ3) is 4.96. The van der Waals surface area contributed by atoms with E-state index in [1.54, 1.807) is 11.1 Å². The minimum Gasteiger partial charge on any atom is -0.393 e. The number of rotatable bonds is 2. The number of hydrogen-bond donors (Lipinski definition) is 0. The van der Waals surface area contributed by atoms with E-state index >= 15 is 0 Å². The molecular formula is C40H34Cl2N2Zr. The summed E-state index contributed by atoms with van der Waals surface area (Å²) in [6, 6.07) is 44.1. The zero-order valence-corrected chi connectivity index (χ0v) is 29.1. The monoisotopic (exact) mass is 702 g/mol. The minimum atomic E-state index is 0. The van der Waals surface area contributed by atoms with Crippen LogP contribution >= 0.6 is 24.8 Å². The fraction of sp³-hybridized carbons (Fsp3) is 0.150. The predicted octanol–water partition coefficient (Wildman–Crippen LogP) is 10.8. The summed E-state index contributed by atoms with van der Waals surface area (Å²) >= 11 is 0. The van der Waals surface area contributed by atoms with E-state index in [1.165, 1.54) is 105 Å². The van der Waals surface area contributed by atoms with Gasteiger partial charge in [-0.2, -0.15) is 0 Å². The fourth-order valence-corrected chi connectivity index (χ4v) is 7.88. The van der Waals surface area contributed by atoms with Gasteiger partial charge >= 0.3 is 26.2 Å². The van der Waals surface area contributed by atoms with Gasteiger partial charge < -0.3 is 9.13 Å². The van der Waals surface area contributed by atoms with Crippen molar-refractivity contribution in [2.24, 2.45) is 0 Å². The molecule has 2 aliphatic carbocycles. The van der Waals surface area contributed by atoms with E-state index in [-0.39, 0.29) is 51.0 Å². The summed E-state index contributed by atoms with van der Waals surface area (Å²) in [6.07, 6.45) is 7.41. The van der Waals surface area contributed by atoms with Crippen LogP contribution in [0.1, 0.15) is 35.4 Å². The topological polar surface area (TPSA) is 9.86 Å². The van der Waals surface area contributed by atoms with Gasteiger partial charge in [0.1, 0.15) is 0 Å². The Morgan fingerprint density at radius 1 is 0.444 bits per heavy atom. The van der Waals surface area contributed by atoms with Gasteiger partial charge in [-0.15, -0.1) is 49.1 Å². The Hall–Kier alpha value is -3.36. The largest absolute Gasteiger partial charge is 2.00 e. The molecule has 0 unspecified atom stereocenters. The Morgan fingerprint density at radius 3 is 1.31 bits per heavy atom. The third-order valence-electron chi connectivity index (χ3n) is 9.65. The number of halogens is 2. The Kier molecular flexibility index (Phi) is 8.99. The molecule has 0 fully saturated rings. The number of aromatic nitrogens is 2. The molecule has 6 aromatic carbocycles. The van der Waals surface area contributed by atoms with Crippen LogP contribution in [0.15, 0.2) is 121 Å². The second-order valence-electron chi connectivity index (χ2n) is 11.9. The summed E-state index contributed by atoms with van der Waals surface area (Å²) in [5.74, 6) is 0. The fourth-order valence-electron chi connectivity index (χ4n) is 7.88. The molecular weight excluding hydrogens is 671 g/mol. The van der Waals surface area contributed by atoms with Crippen LogP contribution in [0.4, 0.5) is 0 Å². The standard InChI is InChI=1S/2C20H16N.2ClH.Zr/c2*1-2-7-15-14(6-1)12-13-20(15)21-18-10-4-3-8-16(18)17-9-5-11-19(17)21;;;/h2*1-4,6-8,10,12-13H,5,9,11H2;2*1H;/q2*-1;;;+2. The zero-order chi connectivity index (χ0) is 27.6. The predicted molar refractivity (Wildman–Crippen MR) is 191 cm³/mol. The van der Waals surface area contributed by atoms with Crippen molar-refractivity contribution in [3.8, 4) is 11.4 Å². The van der Waals surface area contributed by atoms with Gasteiger partial charge in [0.25, 0.3) is 0 Å². The van der Waals surface area contributed by atoms with Crippen LogP contribution in [0, 0.1) is 0 Å². The Balaban J connectivity index is 0.000000149. The van der Waals surface area contributed by atoms with Gasteiger partial charge in [-0.25, -0.2) is 0 Å². The van der Waals surface area contributed by atoms with Gasteiger partial charge in [0.15, 0.2) is 0 Å². The van der Waals surface area contributed by atoms with E-state index in [1.807, 2.05) is 0 Å². The first-order valence-corrected chi connectivity index (χ1v) is 15.4. The van der Waals surface area contributed by atoms with Crippen molar-refractivity contribution < 1.29 is 26.2 Å². The van der Waals surface area contributed by atoms with Crippen molar-refractivity contribution in [2.75, 3.05) is 0 Å². The molecule has 0 atom stereocenters. The Morgan fingerprint density at radius 2 is 0.844 bits per heavy atom. The van der Waals surface area contributed by atoms with Crippen molar-refractivity contribution in [1.29, 1.82) is 0 Å². The molecule has 0 radical (unpaired) electrons. The van der Waals surface area contributed by atoms with Crippen LogP contribution in [0.3, 0.4) is 0 Å². The second kappa shape index (κ2) is 12.8. The molecule has 2 aromatic heterocycles. The summed E-state index contributed by atoms with van der Waals surface area (Å²) in [4.78, 5) is 0. The van der Waals surface area contributed by atoms with Crippen LogP contribution in [-0.2, 0) is 51.9 Å². The molecule has 10 rings (SSSR count). The van der Waals surface area contributed by atoms with E-state index in [2.05, 4.69) is 130 Å². The molecule has 0 bridgehead atoms. The molecule has 2 nitrogen and oxygen atoms in total. The molecule has 0 saturated carbocycles. The molecule has 0 aliphatic heterocycles. The van der Waals surface area contributed by atoms with Gasteiger partial charge in [-0.3, -0.25) is 0 Å². The maximum absolute atomic E-state index is 2.50. The van der Waals surface area contributed by atoms with Crippen molar-refractivity contribution in [2.45, 2.75) is 38.5 Å². The van der Waals surface area contributed by atoms with Crippen LogP contribution in [0.2, 0.25) is 0 Å². The number of para-hydroxylation sites is 2. The Labute approximate surface area is 295 Å². The van der Waals surface area contributed by atoms with Crippen molar-refractivity contribution in [1.82, 2.24) is 9.13 Å². The van der Waals surface area contributed by atoms with E-state index in [0.717, 1.165) is 0 Å². The van der Waals surface area contributed by atoms with Gasteiger partial charge in [0.2, 0.25) is 0 Å². The summed E-state index contributed by atoms with van der Waals surface area (Å²) < 4.78 is 5.00. The summed E-state index contributed by atoms with van der Waals surface area (Å²) in [6.45, 7) is 0. The number of benzene rings is 4. The minimum absolute atomic E-state index is 0. The first-order valence-electron chi connectivity index (χ1n) is 15.4. The van der Waals surface area contributed by atoms with Crippen LogP contribution < -0.4 is 0 Å². The first kappa shape index (κ1) is 31.6. The Bertz CT molecular complexity index is 2120. The quantitative estimate of drug-likeness (QED) is 0.159. The van der Waals surface area contributed by atoms with Crippen molar-refractivity contribution in [3.63, 3.8) is 0 Å². The molecule has 0 N–H and O–H groups in total. The maximum Gasteiger partial charge on any atom is 2.00 e. The van der Waals surface area contributed by atoms with Crippen molar-refractivity contribution in [3.05, 3.63) is 144 Å². The normalized spacial score (nSPS) is 13.2. The average Bonchev–Trinajstić information content (AvgIpc) is 3.87. The molecule has 2 heterocycles. The van der Waals surface area contributed by atoms with Crippen LogP contribution in [0.25, 0.3) is 54.7 Å². The smallest absolute Gasteiger partial charge is 0.393 e. The molecule has 222 valence electrons. The molecule has 5 heteroatoms. The molecule has 2 aliphatic rings. The molecule has 0 amide bonds. The summed E-state index contributed by atoms with van der Waals surface area (Å²) in [5, 5.41) is 8.25. The zero-order valence-electron chi connectivity index (χ0n) is 25.0. The average molecular weight is 705 g/mol. The van der Waals surface area contributed by atoms with Crippen LogP contribution in [-0.4, -0.2) is 9.13 Å². The van der Waals surface area contributed by atoms with Crippen molar-refractivity contribution >= 4 is 68.2 Å². The van der Waals surface area contributed by atoms with Gasteiger partial charge in [0, 0.05) is 0 Å². The number of fused-ring (bicyclic) bond motifs is 8. The van der Waals surface area contributed by atoms with E-state index in [0.29, 0.717) is 0 Å². The van der Waals surface area contributed by atoms with Gasteiger partial charge in [-0.05, 0) is 83.1 Å². The van der Waals surface area contributed by atoms with E-state index in [9.17, 15) is 0 Å². The van der Waals surface area contributed by atoms with E-state index < -0.39 is 0 Å². The summed E-state index contributed by atoms with van der Waals surface area (Å²) in [7, 11) is 0. The number of hydrogen-bond acceptors (Lipinski definition) is 0. The van der Waals surface area contributed by atoms with Crippen LogP contribution in [0.5, 0.6) is 0 Å². The summed E-state index contributed by atoms with van der Waals surface area (Å²) in [5.41, 5.74) is 11.6. The third-order valence-corrected chi connectivity index (χ3v) is 9.65. The molecule has 8 aromatic rings.